The first-order valence-electron chi connectivity index (χ1n) is 10.9. The molecule has 1 atom stereocenters. The Balaban J connectivity index is 1.83. The highest BCUT2D eigenvalue weighted by Crippen LogP contribution is 2.31. The molecule has 2 aromatic carbocycles. The second-order valence-corrected chi connectivity index (χ2v) is 7.93. The van der Waals surface area contributed by atoms with E-state index in [1.165, 1.54) is 6.07 Å². The highest BCUT2D eigenvalue weighted by atomic mass is 19.1. The minimum atomic E-state index is -0.637. The average Bonchev–Trinajstić information content (AvgIpc) is 2.76. The van der Waals surface area contributed by atoms with Crippen molar-refractivity contribution in [1.82, 2.24) is 10.6 Å². The molecule has 0 spiro atoms. The number of rotatable bonds is 9. The number of allylic oxidation sites excluding steroid dienone is 1. The number of nitrogens with one attached hydrogen (secondary N) is 2. The molecule has 2 amide bonds. The van der Waals surface area contributed by atoms with Gasteiger partial charge in [-0.15, -0.1) is 0 Å². The summed E-state index contributed by atoms with van der Waals surface area (Å²) in [7, 11) is 0. The first-order valence-corrected chi connectivity index (χ1v) is 10.9. The topological polar surface area (TPSA) is 76.7 Å². The Morgan fingerprint density at radius 2 is 1.84 bits per heavy atom. The van der Waals surface area contributed by atoms with Gasteiger partial charge in [-0.1, -0.05) is 43.7 Å². The van der Waals surface area contributed by atoms with E-state index >= 15 is 0 Å². The zero-order chi connectivity index (χ0) is 23.1. The largest absolute Gasteiger partial charge is 0.489 e. The lowest BCUT2D eigenvalue weighted by atomic mass is 9.93. The number of halogens is 1. The Morgan fingerprint density at radius 1 is 1.12 bits per heavy atom. The van der Waals surface area contributed by atoms with Gasteiger partial charge in [-0.05, 0) is 50.5 Å². The molecule has 1 heterocycles. The van der Waals surface area contributed by atoms with Gasteiger partial charge in [-0.2, -0.15) is 0 Å². The van der Waals surface area contributed by atoms with Crippen molar-refractivity contribution >= 4 is 12.0 Å². The first kappa shape index (κ1) is 23.3. The van der Waals surface area contributed by atoms with Gasteiger partial charge < -0.3 is 20.1 Å². The van der Waals surface area contributed by atoms with Crippen LogP contribution in [0.25, 0.3) is 0 Å². The number of esters is 1. The van der Waals surface area contributed by atoms with Crippen LogP contribution in [0.2, 0.25) is 0 Å². The quantitative estimate of drug-likeness (QED) is 0.529. The summed E-state index contributed by atoms with van der Waals surface area (Å²) in [5.74, 6) is -0.221. The van der Waals surface area contributed by atoms with Crippen molar-refractivity contribution in [3.63, 3.8) is 0 Å². The minimum Gasteiger partial charge on any atom is -0.489 e. The van der Waals surface area contributed by atoms with Crippen LogP contribution in [0.15, 0.2) is 59.8 Å². The minimum absolute atomic E-state index is 0.100. The number of benzene rings is 2. The van der Waals surface area contributed by atoms with Crippen LogP contribution in [-0.4, -0.2) is 18.1 Å². The number of ether oxygens (including phenoxy) is 2. The number of hydrogen-bond donors (Lipinski definition) is 2. The molecule has 0 saturated carbocycles. The highest BCUT2D eigenvalue weighted by molar-refractivity contribution is 5.95. The number of hydrogen-bond acceptors (Lipinski definition) is 4. The molecule has 0 saturated heterocycles. The Bertz CT molecular complexity index is 986. The van der Waals surface area contributed by atoms with Crippen LogP contribution in [0, 0.1) is 5.82 Å². The van der Waals surface area contributed by atoms with Crippen LogP contribution in [0.3, 0.4) is 0 Å². The van der Waals surface area contributed by atoms with Crippen LogP contribution in [0.4, 0.5) is 9.18 Å². The average molecular weight is 441 g/mol. The standard InChI is InChI=1S/C25H29FN2O4/c1-4-5-10-21-22(24(29)32-16(2)3)23(28-25(30)27-21)17-11-13-19(14-12-17)31-15-18-8-6-7-9-20(18)26/h6-9,11-14,16,23H,4-5,10,15H2,1-3H3,(H2,27,28,30). The van der Waals surface area contributed by atoms with Crippen molar-refractivity contribution in [1.29, 1.82) is 0 Å². The van der Waals surface area contributed by atoms with Gasteiger partial charge in [0.1, 0.15) is 18.2 Å². The van der Waals surface area contributed by atoms with E-state index in [2.05, 4.69) is 10.6 Å². The van der Waals surface area contributed by atoms with Gasteiger partial charge in [0.2, 0.25) is 0 Å². The van der Waals surface area contributed by atoms with Crippen LogP contribution in [0.5, 0.6) is 5.75 Å². The number of urea groups is 1. The Morgan fingerprint density at radius 3 is 2.50 bits per heavy atom. The molecular weight excluding hydrogens is 411 g/mol. The number of amides is 2. The third-order valence-corrected chi connectivity index (χ3v) is 5.06. The maximum Gasteiger partial charge on any atom is 0.338 e. The van der Waals surface area contributed by atoms with E-state index in [4.69, 9.17) is 9.47 Å². The van der Waals surface area contributed by atoms with Crippen LogP contribution in [0.1, 0.15) is 57.2 Å². The lowest BCUT2D eigenvalue weighted by Gasteiger charge is -2.30. The summed E-state index contributed by atoms with van der Waals surface area (Å²) in [6.45, 7) is 5.72. The van der Waals surface area contributed by atoms with Crippen molar-refractivity contribution in [3.05, 3.63) is 76.7 Å². The summed E-state index contributed by atoms with van der Waals surface area (Å²) in [5, 5.41) is 5.61. The maximum atomic E-state index is 13.8. The zero-order valence-corrected chi connectivity index (χ0v) is 18.6. The lowest BCUT2D eigenvalue weighted by Crippen LogP contribution is -2.46. The van der Waals surface area contributed by atoms with Crippen LogP contribution in [-0.2, 0) is 16.1 Å². The van der Waals surface area contributed by atoms with Crippen molar-refractivity contribution in [2.45, 2.75) is 58.8 Å². The Kier molecular flexibility index (Phi) is 7.87. The lowest BCUT2D eigenvalue weighted by molar-refractivity contribution is -0.143. The molecule has 1 aliphatic rings. The van der Waals surface area contributed by atoms with Gasteiger partial charge in [0.25, 0.3) is 0 Å². The summed E-state index contributed by atoms with van der Waals surface area (Å²) in [5.41, 5.74) is 2.19. The second-order valence-electron chi connectivity index (χ2n) is 7.93. The molecule has 0 aliphatic carbocycles. The van der Waals surface area contributed by atoms with E-state index in [1.54, 1.807) is 56.3 Å². The van der Waals surface area contributed by atoms with E-state index in [1.807, 2.05) is 6.92 Å². The molecule has 0 fully saturated rings. The summed E-state index contributed by atoms with van der Waals surface area (Å²) in [6, 6.07) is 12.5. The molecule has 3 rings (SSSR count). The summed E-state index contributed by atoms with van der Waals surface area (Å²) in [4.78, 5) is 25.2. The number of unbranched alkanes of at least 4 members (excludes halogenated alkanes) is 1. The van der Waals surface area contributed by atoms with E-state index < -0.39 is 12.0 Å². The normalized spacial score (nSPS) is 15.9. The third kappa shape index (κ3) is 5.87. The molecule has 170 valence electrons. The van der Waals surface area contributed by atoms with Gasteiger partial charge in [0, 0.05) is 11.3 Å². The number of carbonyl (C=O) groups is 2. The van der Waals surface area contributed by atoms with Crippen LogP contribution < -0.4 is 15.4 Å². The predicted octanol–water partition coefficient (Wildman–Crippen LogP) is 5.15. The fraction of sp³-hybridized carbons (Fsp3) is 0.360. The van der Waals surface area contributed by atoms with E-state index in [0.717, 1.165) is 18.4 Å². The van der Waals surface area contributed by atoms with Crippen molar-refractivity contribution in [2.24, 2.45) is 0 Å². The van der Waals surface area contributed by atoms with Crippen molar-refractivity contribution in [3.8, 4) is 5.75 Å². The van der Waals surface area contributed by atoms with Gasteiger partial charge in [0.15, 0.2) is 0 Å². The monoisotopic (exact) mass is 440 g/mol. The van der Waals surface area contributed by atoms with E-state index in [0.29, 0.717) is 29.0 Å². The van der Waals surface area contributed by atoms with E-state index in [-0.39, 0.29) is 24.6 Å². The van der Waals surface area contributed by atoms with Gasteiger partial charge in [-0.25, -0.2) is 14.0 Å². The number of carbonyl (C=O) groups excluding carboxylic acids is 2. The smallest absolute Gasteiger partial charge is 0.338 e. The molecule has 0 bridgehead atoms. The Hall–Kier alpha value is -3.35. The Labute approximate surface area is 187 Å². The maximum absolute atomic E-state index is 13.8. The second kappa shape index (κ2) is 10.8. The molecule has 0 aromatic heterocycles. The van der Waals surface area contributed by atoms with Gasteiger partial charge in [-0.3, -0.25) is 0 Å². The summed E-state index contributed by atoms with van der Waals surface area (Å²) < 4.78 is 25.0. The molecule has 2 aromatic rings. The molecule has 2 N–H and O–H groups in total. The third-order valence-electron chi connectivity index (χ3n) is 5.06. The van der Waals surface area contributed by atoms with Crippen molar-refractivity contribution in [2.75, 3.05) is 0 Å². The van der Waals surface area contributed by atoms with Crippen molar-refractivity contribution < 1.29 is 23.5 Å². The molecule has 32 heavy (non-hydrogen) atoms. The van der Waals surface area contributed by atoms with Gasteiger partial charge in [0.05, 0.1) is 17.7 Å². The summed E-state index contributed by atoms with van der Waals surface area (Å²) >= 11 is 0. The van der Waals surface area contributed by atoms with Gasteiger partial charge >= 0.3 is 12.0 Å². The fourth-order valence-electron chi connectivity index (χ4n) is 3.47. The molecular formula is C25H29FN2O4. The van der Waals surface area contributed by atoms with Crippen LogP contribution >= 0.6 is 0 Å². The molecule has 0 radical (unpaired) electrons. The molecule has 7 heteroatoms. The highest BCUT2D eigenvalue weighted by Gasteiger charge is 2.33. The predicted molar refractivity (Wildman–Crippen MR) is 119 cm³/mol. The zero-order valence-electron chi connectivity index (χ0n) is 18.6. The molecule has 1 unspecified atom stereocenters. The SMILES string of the molecule is CCCCC1=C(C(=O)OC(C)C)C(c2ccc(OCc3ccccc3F)cc2)NC(=O)N1. The molecule has 6 nitrogen and oxygen atoms in total. The first-order chi connectivity index (χ1) is 15.4. The van der Waals surface area contributed by atoms with E-state index in [9.17, 15) is 14.0 Å². The summed E-state index contributed by atoms with van der Waals surface area (Å²) in [6.07, 6.45) is 2.06. The fourth-order valence-corrected chi connectivity index (χ4v) is 3.47. The molecule has 1 aliphatic heterocycles.